The quantitative estimate of drug-likeness (QED) is 0.289. The molecule has 1 fully saturated rings. The van der Waals surface area contributed by atoms with Gasteiger partial charge in [-0.25, -0.2) is 15.1 Å². The highest BCUT2D eigenvalue weighted by Gasteiger charge is 2.35. The van der Waals surface area contributed by atoms with Crippen molar-refractivity contribution in [3.8, 4) is 0 Å². The Kier molecular flexibility index (Phi) is 8.04. The molecule has 10 nitrogen and oxygen atoms in total. The van der Waals surface area contributed by atoms with Crippen molar-refractivity contribution in [2.24, 2.45) is 17.0 Å². The van der Waals surface area contributed by atoms with Crippen LogP contribution in [0.3, 0.4) is 0 Å². The summed E-state index contributed by atoms with van der Waals surface area (Å²) < 4.78 is 28.6. The summed E-state index contributed by atoms with van der Waals surface area (Å²) >= 11 is 0. The number of rotatable bonds is 10. The Bertz CT molecular complexity index is 1370. The molecule has 2 heterocycles. The van der Waals surface area contributed by atoms with E-state index in [1.54, 1.807) is 16.9 Å². The van der Waals surface area contributed by atoms with Gasteiger partial charge in [0.2, 0.25) is 5.78 Å². The fourth-order valence-electron chi connectivity index (χ4n) is 4.76. The zero-order chi connectivity index (χ0) is 26.8. The molecule has 0 bridgehead atoms. The van der Waals surface area contributed by atoms with Gasteiger partial charge in [-0.2, -0.15) is 13.5 Å². The van der Waals surface area contributed by atoms with Crippen LogP contribution >= 0.6 is 0 Å². The van der Waals surface area contributed by atoms with Crippen molar-refractivity contribution in [3.63, 3.8) is 0 Å². The third-order valence-corrected chi connectivity index (χ3v) is 9.24. The van der Waals surface area contributed by atoms with E-state index in [4.69, 9.17) is 5.14 Å². The van der Waals surface area contributed by atoms with Crippen molar-refractivity contribution in [3.05, 3.63) is 71.6 Å². The number of benzene rings is 1. The highest BCUT2D eigenvalue weighted by atomic mass is 32.2. The largest absolute Gasteiger partial charge is 0.393 e. The Morgan fingerprint density at radius 3 is 2.76 bits per heavy atom. The molecule has 1 aliphatic rings. The number of ketones is 1. The Balaban J connectivity index is 1.45. The molecule has 1 aromatic carbocycles. The van der Waals surface area contributed by atoms with E-state index in [9.17, 15) is 18.3 Å². The Labute approximate surface area is 218 Å². The van der Waals surface area contributed by atoms with E-state index in [0.717, 1.165) is 5.56 Å². The van der Waals surface area contributed by atoms with Crippen LogP contribution in [0.5, 0.6) is 0 Å². The normalized spacial score (nSPS) is 20.3. The Morgan fingerprint density at radius 2 is 2.03 bits per heavy atom. The Morgan fingerprint density at radius 1 is 1.24 bits per heavy atom. The van der Waals surface area contributed by atoms with Gasteiger partial charge in [0.05, 0.1) is 38.6 Å². The second kappa shape index (κ2) is 10.9. The SMILES string of the molecule is C[Si](C)(C)c1cccc(Cn2ccc(C(=O)c3cncnc3C[C@@H]3C[C@H](COS(N)(=O)=O)[C@@H](O)C3)n2)c1. The number of nitrogens with zero attached hydrogens (tertiary/aromatic N) is 4. The molecule has 4 rings (SSSR count). The fourth-order valence-corrected chi connectivity index (χ4v) is 6.34. The van der Waals surface area contributed by atoms with Gasteiger partial charge < -0.3 is 5.11 Å². The zero-order valence-corrected chi connectivity index (χ0v) is 23.1. The first-order chi connectivity index (χ1) is 17.4. The number of aromatic nitrogens is 4. The number of aliphatic hydroxyl groups is 1. The van der Waals surface area contributed by atoms with Gasteiger partial charge in [-0.1, -0.05) is 49.1 Å². The maximum absolute atomic E-state index is 13.3. The monoisotopic (exact) mass is 543 g/mol. The van der Waals surface area contributed by atoms with E-state index in [2.05, 4.69) is 63.2 Å². The lowest BCUT2D eigenvalue weighted by Crippen LogP contribution is -2.37. The van der Waals surface area contributed by atoms with Gasteiger partial charge in [0.25, 0.3) is 0 Å². The number of hydrogen-bond acceptors (Lipinski definition) is 8. The molecule has 12 heteroatoms. The molecule has 0 unspecified atom stereocenters. The lowest BCUT2D eigenvalue weighted by Gasteiger charge is -2.17. The van der Waals surface area contributed by atoms with Crippen molar-refractivity contribution in [2.45, 2.75) is 51.6 Å². The average molecular weight is 544 g/mol. The molecule has 3 aromatic rings. The van der Waals surface area contributed by atoms with Gasteiger partial charge in [0.15, 0.2) is 0 Å². The highest BCUT2D eigenvalue weighted by molar-refractivity contribution is 7.84. The first-order valence-corrected chi connectivity index (χ1v) is 17.2. The molecule has 2 aromatic heterocycles. The van der Waals surface area contributed by atoms with Crippen LogP contribution in [0.1, 0.15) is 40.2 Å². The maximum Gasteiger partial charge on any atom is 0.333 e. The second-order valence-corrected chi connectivity index (χ2v) is 17.0. The second-order valence-electron chi connectivity index (χ2n) is 10.7. The topological polar surface area (TPSA) is 150 Å². The van der Waals surface area contributed by atoms with Crippen molar-refractivity contribution in [1.82, 2.24) is 19.7 Å². The average Bonchev–Trinajstić information content (AvgIpc) is 3.43. The van der Waals surface area contributed by atoms with Crippen LogP contribution in [-0.2, 0) is 27.5 Å². The third-order valence-electron chi connectivity index (χ3n) is 6.73. The first kappa shape index (κ1) is 27.3. The predicted molar refractivity (Wildman–Crippen MR) is 141 cm³/mol. The lowest BCUT2D eigenvalue weighted by atomic mass is 9.96. The first-order valence-electron chi connectivity index (χ1n) is 12.2. The molecule has 1 aliphatic carbocycles. The summed E-state index contributed by atoms with van der Waals surface area (Å²) in [5.41, 5.74) is 2.38. The van der Waals surface area contributed by atoms with Gasteiger partial charge in [-0.15, -0.1) is 0 Å². The van der Waals surface area contributed by atoms with Crippen LogP contribution in [0.15, 0.2) is 49.1 Å². The van der Waals surface area contributed by atoms with Gasteiger partial charge in [-0.05, 0) is 36.8 Å². The van der Waals surface area contributed by atoms with Gasteiger partial charge in [0, 0.05) is 18.3 Å². The molecule has 198 valence electrons. The predicted octanol–water partition coefficient (Wildman–Crippen LogP) is 1.65. The number of aliphatic hydroxyl groups excluding tert-OH is 1. The molecule has 0 amide bonds. The van der Waals surface area contributed by atoms with E-state index < -0.39 is 24.5 Å². The molecule has 0 saturated heterocycles. The van der Waals surface area contributed by atoms with Gasteiger partial charge in [0.1, 0.15) is 12.0 Å². The lowest BCUT2D eigenvalue weighted by molar-refractivity contribution is 0.100. The minimum atomic E-state index is -4.07. The number of nitrogens with two attached hydrogens (primary N) is 1. The summed E-state index contributed by atoms with van der Waals surface area (Å²) in [5.74, 6) is -0.626. The van der Waals surface area contributed by atoms with Crippen molar-refractivity contribution in [1.29, 1.82) is 0 Å². The molecule has 0 spiro atoms. The van der Waals surface area contributed by atoms with Gasteiger partial charge >= 0.3 is 10.3 Å². The summed E-state index contributed by atoms with van der Waals surface area (Å²) in [5, 5.41) is 21.1. The number of carbonyl (C=O) groups excluding carboxylic acids is 1. The zero-order valence-electron chi connectivity index (χ0n) is 21.2. The van der Waals surface area contributed by atoms with E-state index in [1.165, 1.54) is 17.7 Å². The fraction of sp³-hybridized carbons (Fsp3) is 0.440. The maximum atomic E-state index is 13.3. The van der Waals surface area contributed by atoms with E-state index in [1.807, 2.05) is 0 Å². The number of hydrogen-bond donors (Lipinski definition) is 2. The summed E-state index contributed by atoms with van der Waals surface area (Å²) in [7, 11) is -5.51. The van der Waals surface area contributed by atoms with Crippen LogP contribution in [0, 0.1) is 11.8 Å². The third kappa shape index (κ3) is 7.17. The van der Waals surface area contributed by atoms with E-state index in [-0.39, 0.29) is 24.2 Å². The molecule has 3 N–H and O–H groups in total. The summed E-state index contributed by atoms with van der Waals surface area (Å²) in [4.78, 5) is 21.7. The van der Waals surface area contributed by atoms with Crippen LogP contribution < -0.4 is 10.3 Å². The Hall–Kier alpha value is -2.77. The number of carbonyl (C=O) groups is 1. The standard InChI is InChI=1S/C25H33N5O5SSi/c1-37(2,3)20-6-4-5-17(10-20)14-30-8-7-22(29-30)25(32)21-13-27-16-28-23(21)11-18-9-19(24(31)12-18)15-35-36(26,33)34/h4-8,10,13,16,18-19,24,31H,9,11-12,14-15H2,1-3H3,(H2,26,33,34)/t18-,19+,24-/m0/s1. The molecule has 3 atom stereocenters. The smallest absolute Gasteiger partial charge is 0.333 e. The molecule has 0 aliphatic heterocycles. The molecule has 37 heavy (non-hydrogen) atoms. The summed E-state index contributed by atoms with van der Waals surface area (Å²) in [6, 6.07) is 10.2. The summed E-state index contributed by atoms with van der Waals surface area (Å²) in [6.07, 6.45) is 5.37. The van der Waals surface area contributed by atoms with E-state index in [0.29, 0.717) is 42.8 Å². The van der Waals surface area contributed by atoms with Crippen LogP contribution in [0.4, 0.5) is 0 Å². The minimum absolute atomic E-state index is 0.00160. The van der Waals surface area contributed by atoms with Crippen molar-refractivity contribution < 1.29 is 22.5 Å². The van der Waals surface area contributed by atoms with Crippen molar-refractivity contribution in [2.75, 3.05) is 6.61 Å². The van der Waals surface area contributed by atoms with Crippen molar-refractivity contribution >= 4 is 29.3 Å². The van der Waals surface area contributed by atoms with E-state index >= 15 is 0 Å². The molecular formula is C25H33N5O5SSi. The van der Waals surface area contributed by atoms with Crippen LogP contribution in [0.25, 0.3) is 0 Å². The highest BCUT2D eigenvalue weighted by Crippen LogP contribution is 2.34. The van der Waals surface area contributed by atoms with Crippen LogP contribution in [0.2, 0.25) is 19.6 Å². The minimum Gasteiger partial charge on any atom is -0.393 e. The summed E-state index contributed by atoms with van der Waals surface area (Å²) in [6.45, 7) is 7.30. The molecule has 0 radical (unpaired) electrons. The van der Waals surface area contributed by atoms with Crippen LogP contribution in [-0.4, -0.2) is 59.8 Å². The molecular weight excluding hydrogens is 510 g/mol. The molecule has 1 saturated carbocycles. The van der Waals surface area contributed by atoms with Gasteiger partial charge in [-0.3, -0.25) is 13.7 Å².